The van der Waals surface area contributed by atoms with Gasteiger partial charge < -0.3 is 9.64 Å². The zero-order valence-electron chi connectivity index (χ0n) is 13.9. The van der Waals surface area contributed by atoms with Crippen molar-refractivity contribution in [2.24, 2.45) is 0 Å². The first-order chi connectivity index (χ1) is 12.8. The van der Waals surface area contributed by atoms with E-state index >= 15 is 0 Å². The number of rotatable bonds is 3. The zero-order valence-corrected chi connectivity index (χ0v) is 14.7. The van der Waals surface area contributed by atoms with Gasteiger partial charge in [0.05, 0.1) is 11.7 Å². The molecule has 0 aliphatic carbocycles. The molecule has 2 aliphatic heterocycles. The third-order valence-electron chi connectivity index (χ3n) is 5.07. The molecule has 7 heteroatoms. The summed E-state index contributed by atoms with van der Waals surface area (Å²) < 4.78 is 5.67. The summed E-state index contributed by atoms with van der Waals surface area (Å²) in [6, 6.07) is 7.59. The summed E-state index contributed by atoms with van der Waals surface area (Å²) in [5, 5.41) is 2.45. The largest absolute Gasteiger partial charge is 0.431 e. The normalized spacial score (nSPS) is 20.7. The lowest BCUT2D eigenvalue weighted by Gasteiger charge is -2.35. The second-order valence-electron chi connectivity index (χ2n) is 6.51. The highest BCUT2D eigenvalue weighted by Gasteiger charge is 2.43. The number of hydrogen-bond donors (Lipinski definition) is 0. The summed E-state index contributed by atoms with van der Waals surface area (Å²) in [7, 11) is 0. The maximum Gasteiger partial charge on any atom is 0.278 e. The molecule has 2 bridgehead atoms. The number of ether oxygens (including phenoxy) is 1. The van der Waals surface area contributed by atoms with Crippen molar-refractivity contribution in [2.75, 3.05) is 0 Å². The van der Waals surface area contributed by atoms with Gasteiger partial charge >= 0.3 is 0 Å². The van der Waals surface area contributed by atoms with Crippen LogP contribution in [0.5, 0.6) is 10.9 Å². The van der Waals surface area contributed by atoms with Gasteiger partial charge in [0.2, 0.25) is 0 Å². The fourth-order valence-electron chi connectivity index (χ4n) is 3.91. The van der Waals surface area contributed by atoms with E-state index in [-0.39, 0.29) is 18.0 Å². The summed E-state index contributed by atoms with van der Waals surface area (Å²) in [6.45, 7) is 0. The van der Waals surface area contributed by atoms with E-state index in [2.05, 4.69) is 15.0 Å². The lowest BCUT2D eigenvalue weighted by molar-refractivity contribution is 0.0644. The van der Waals surface area contributed by atoms with Crippen molar-refractivity contribution in [1.82, 2.24) is 19.9 Å². The van der Waals surface area contributed by atoms with Gasteiger partial charge in [0, 0.05) is 41.4 Å². The number of hydrogen-bond acceptors (Lipinski definition) is 6. The SMILES string of the molecule is O=C(c1ccc(Oc2nccs2)cc1)N1C2CCC1c1cncnc1C2. The molecule has 5 rings (SSSR count). The molecule has 0 N–H and O–H groups in total. The third kappa shape index (κ3) is 2.55. The van der Waals surface area contributed by atoms with E-state index in [1.807, 2.05) is 40.7 Å². The van der Waals surface area contributed by atoms with Gasteiger partial charge in [-0.2, -0.15) is 0 Å². The average Bonchev–Trinajstić information content (AvgIpc) is 3.29. The minimum absolute atomic E-state index is 0.0628. The van der Waals surface area contributed by atoms with Gasteiger partial charge in [-0.1, -0.05) is 11.3 Å². The molecule has 0 spiro atoms. The van der Waals surface area contributed by atoms with Crippen LogP contribution in [0.4, 0.5) is 0 Å². The van der Waals surface area contributed by atoms with E-state index in [4.69, 9.17) is 4.74 Å². The van der Waals surface area contributed by atoms with Crippen molar-refractivity contribution in [3.05, 3.63) is 65.2 Å². The van der Waals surface area contributed by atoms with E-state index in [1.165, 1.54) is 11.3 Å². The lowest BCUT2D eigenvalue weighted by atomic mass is 9.98. The van der Waals surface area contributed by atoms with Crippen LogP contribution in [-0.2, 0) is 6.42 Å². The predicted molar refractivity (Wildman–Crippen MR) is 96.3 cm³/mol. The molecule has 0 radical (unpaired) electrons. The molecule has 1 saturated heterocycles. The summed E-state index contributed by atoms with van der Waals surface area (Å²) >= 11 is 1.43. The first kappa shape index (κ1) is 15.5. The second-order valence-corrected chi connectivity index (χ2v) is 7.37. The van der Waals surface area contributed by atoms with Crippen molar-refractivity contribution in [1.29, 1.82) is 0 Å². The highest BCUT2D eigenvalue weighted by atomic mass is 32.1. The summed E-state index contributed by atoms with van der Waals surface area (Å²) in [6.07, 6.45) is 7.95. The number of benzene rings is 1. The van der Waals surface area contributed by atoms with Crippen LogP contribution in [0.1, 0.15) is 40.5 Å². The van der Waals surface area contributed by atoms with Gasteiger partial charge in [-0.15, -0.1) is 0 Å². The molecule has 2 unspecified atom stereocenters. The highest BCUT2D eigenvalue weighted by Crippen LogP contribution is 2.43. The number of amides is 1. The van der Waals surface area contributed by atoms with Crippen LogP contribution in [0.15, 0.2) is 48.4 Å². The van der Waals surface area contributed by atoms with E-state index in [9.17, 15) is 4.79 Å². The van der Waals surface area contributed by atoms with Gasteiger partial charge in [0.15, 0.2) is 0 Å². The van der Waals surface area contributed by atoms with Crippen molar-refractivity contribution >= 4 is 17.2 Å². The van der Waals surface area contributed by atoms with Crippen molar-refractivity contribution in [3.8, 4) is 10.9 Å². The summed E-state index contributed by atoms with van der Waals surface area (Å²) in [4.78, 5) is 27.8. The Kier molecular flexibility index (Phi) is 3.67. The van der Waals surface area contributed by atoms with Gasteiger partial charge in [-0.25, -0.2) is 15.0 Å². The third-order valence-corrected chi connectivity index (χ3v) is 5.72. The first-order valence-electron chi connectivity index (χ1n) is 8.58. The molecule has 26 heavy (non-hydrogen) atoms. The molecule has 2 aromatic heterocycles. The highest BCUT2D eigenvalue weighted by molar-refractivity contribution is 7.11. The molecule has 3 aromatic rings. The van der Waals surface area contributed by atoms with E-state index < -0.39 is 0 Å². The molecule has 2 atom stereocenters. The van der Waals surface area contributed by atoms with Crippen molar-refractivity contribution < 1.29 is 9.53 Å². The molecule has 1 aromatic carbocycles. The van der Waals surface area contributed by atoms with Gasteiger partial charge in [-0.3, -0.25) is 4.79 Å². The molecular weight excluding hydrogens is 348 g/mol. The smallest absolute Gasteiger partial charge is 0.278 e. The van der Waals surface area contributed by atoms with E-state index in [0.29, 0.717) is 16.5 Å². The first-order valence-corrected chi connectivity index (χ1v) is 9.46. The molecule has 2 aliphatic rings. The van der Waals surface area contributed by atoms with E-state index in [0.717, 1.165) is 30.5 Å². The minimum atomic E-state index is 0.0628. The fraction of sp³-hybridized carbons (Fsp3) is 0.263. The Labute approximate surface area is 154 Å². The molecule has 6 nitrogen and oxygen atoms in total. The van der Waals surface area contributed by atoms with Crippen molar-refractivity contribution in [3.63, 3.8) is 0 Å². The summed E-state index contributed by atoms with van der Waals surface area (Å²) in [5.74, 6) is 0.740. The predicted octanol–water partition coefficient (Wildman–Crippen LogP) is 3.63. The Morgan fingerprint density at radius 3 is 2.88 bits per heavy atom. The van der Waals surface area contributed by atoms with Crippen LogP contribution in [0.2, 0.25) is 0 Å². The zero-order chi connectivity index (χ0) is 17.5. The number of aromatic nitrogens is 3. The minimum Gasteiger partial charge on any atom is -0.431 e. The second kappa shape index (κ2) is 6.17. The molecular formula is C19H16N4O2S. The van der Waals surface area contributed by atoms with E-state index in [1.54, 1.807) is 12.5 Å². The van der Waals surface area contributed by atoms with Crippen LogP contribution in [0.3, 0.4) is 0 Å². The molecule has 0 saturated carbocycles. The Hall–Kier alpha value is -2.80. The summed E-state index contributed by atoms with van der Waals surface area (Å²) in [5.41, 5.74) is 2.86. The Morgan fingerprint density at radius 1 is 1.19 bits per heavy atom. The monoisotopic (exact) mass is 364 g/mol. The van der Waals surface area contributed by atoms with Crippen LogP contribution >= 0.6 is 11.3 Å². The topological polar surface area (TPSA) is 68.2 Å². The van der Waals surface area contributed by atoms with Crippen LogP contribution in [0, 0.1) is 0 Å². The maximum atomic E-state index is 13.1. The quantitative estimate of drug-likeness (QED) is 0.710. The Morgan fingerprint density at radius 2 is 2.08 bits per heavy atom. The van der Waals surface area contributed by atoms with Gasteiger partial charge in [0.1, 0.15) is 12.1 Å². The average molecular weight is 364 g/mol. The van der Waals surface area contributed by atoms with Gasteiger partial charge in [0.25, 0.3) is 11.1 Å². The van der Waals surface area contributed by atoms with Crippen LogP contribution in [0.25, 0.3) is 0 Å². The Balaban J connectivity index is 1.39. The number of carbonyl (C=O) groups is 1. The molecule has 4 heterocycles. The van der Waals surface area contributed by atoms with Crippen molar-refractivity contribution in [2.45, 2.75) is 31.3 Å². The molecule has 130 valence electrons. The number of carbonyl (C=O) groups excluding carboxylic acids is 1. The fourth-order valence-corrected chi connectivity index (χ4v) is 4.41. The molecule has 1 fully saturated rings. The maximum absolute atomic E-state index is 13.1. The molecule has 1 amide bonds. The van der Waals surface area contributed by atoms with Crippen LogP contribution in [-0.4, -0.2) is 31.8 Å². The van der Waals surface area contributed by atoms with Gasteiger partial charge in [-0.05, 0) is 37.1 Å². The number of fused-ring (bicyclic) bond motifs is 4. The number of nitrogens with zero attached hydrogens (tertiary/aromatic N) is 4. The number of thiazole rings is 1. The Bertz CT molecular complexity index is 942. The van der Waals surface area contributed by atoms with Crippen LogP contribution < -0.4 is 4.74 Å². The lowest BCUT2D eigenvalue weighted by Crippen LogP contribution is -2.42. The standard InChI is InChI=1S/C19H16N4O2S/c24-18(12-1-4-14(5-2-12)25-19-21-7-8-26-19)23-13-3-6-17(23)15-10-20-11-22-16(15)9-13/h1-2,4-5,7-8,10-11,13,17H,3,6,9H2.